The van der Waals surface area contributed by atoms with Crippen molar-refractivity contribution in [3.8, 4) is 0 Å². The molecule has 104 valence electrons. The third-order valence-electron chi connectivity index (χ3n) is 2.38. The van der Waals surface area contributed by atoms with Crippen LogP contribution in [0.4, 0.5) is 33.7 Å². The third-order valence-corrected chi connectivity index (χ3v) is 2.38. The quantitative estimate of drug-likeness (QED) is 0.807. The highest BCUT2D eigenvalue weighted by molar-refractivity contribution is 5.99. The summed E-state index contributed by atoms with van der Waals surface area (Å²) < 4.78 is 52.5. The average molecular weight is 284 g/mol. The van der Waals surface area contributed by atoms with Gasteiger partial charge in [0.15, 0.2) is 0 Å². The van der Waals surface area contributed by atoms with Gasteiger partial charge in [-0.3, -0.25) is 0 Å². The first-order valence-corrected chi connectivity index (χ1v) is 5.44. The lowest BCUT2D eigenvalue weighted by Gasteiger charge is -2.09. The van der Waals surface area contributed by atoms with Gasteiger partial charge in [-0.1, -0.05) is 6.07 Å². The van der Waals surface area contributed by atoms with Crippen molar-refractivity contribution in [3.05, 3.63) is 59.7 Å². The van der Waals surface area contributed by atoms with Crippen molar-refractivity contribution in [1.82, 2.24) is 0 Å². The Morgan fingerprint density at radius 1 is 0.850 bits per heavy atom. The topological polar surface area (TPSA) is 41.1 Å². The molecule has 0 bridgehead atoms. The van der Waals surface area contributed by atoms with E-state index in [1.807, 2.05) is 10.6 Å². The van der Waals surface area contributed by atoms with Gasteiger partial charge in [0.05, 0.1) is 5.69 Å². The molecule has 2 rings (SSSR count). The van der Waals surface area contributed by atoms with E-state index < -0.39 is 35.0 Å². The molecular weight excluding hydrogens is 276 g/mol. The Balaban J connectivity index is 2.13. The molecule has 0 radical (unpaired) electrons. The number of nitrogens with one attached hydrogen (secondary N) is 2. The number of amides is 2. The Labute approximate surface area is 111 Å². The molecule has 0 heterocycles. The lowest BCUT2D eigenvalue weighted by molar-refractivity contribution is 0.261. The van der Waals surface area contributed by atoms with E-state index in [1.165, 1.54) is 0 Å². The molecule has 2 aromatic rings. The van der Waals surface area contributed by atoms with Gasteiger partial charge < -0.3 is 10.6 Å². The lowest BCUT2D eigenvalue weighted by atomic mass is 10.3. The monoisotopic (exact) mass is 284 g/mol. The summed E-state index contributed by atoms with van der Waals surface area (Å²) in [6, 6.07) is 4.48. The Morgan fingerprint density at radius 2 is 1.50 bits per heavy atom. The second kappa shape index (κ2) is 5.60. The molecule has 0 unspecified atom stereocenters. The SMILES string of the molecule is O=C(Nc1ccc(F)cc1F)Nc1c(F)cccc1F. The second-order valence-electron chi connectivity index (χ2n) is 3.80. The van der Waals surface area contributed by atoms with Gasteiger partial charge in [-0.05, 0) is 24.3 Å². The summed E-state index contributed by atoms with van der Waals surface area (Å²) in [7, 11) is 0. The number of hydrogen-bond donors (Lipinski definition) is 2. The summed E-state index contributed by atoms with van der Waals surface area (Å²) >= 11 is 0. The van der Waals surface area contributed by atoms with Crippen molar-refractivity contribution in [2.75, 3.05) is 10.6 Å². The van der Waals surface area contributed by atoms with Crippen LogP contribution in [-0.4, -0.2) is 6.03 Å². The number of benzene rings is 2. The van der Waals surface area contributed by atoms with Crippen molar-refractivity contribution >= 4 is 17.4 Å². The van der Waals surface area contributed by atoms with E-state index in [1.54, 1.807) is 0 Å². The summed E-state index contributed by atoms with van der Waals surface area (Å²) in [6.45, 7) is 0. The van der Waals surface area contributed by atoms with Crippen molar-refractivity contribution in [3.63, 3.8) is 0 Å². The molecule has 0 spiro atoms. The van der Waals surface area contributed by atoms with E-state index >= 15 is 0 Å². The van der Waals surface area contributed by atoms with E-state index in [9.17, 15) is 22.4 Å². The Morgan fingerprint density at radius 3 is 2.10 bits per heavy atom. The highest BCUT2D eigenvalue weighted by atomic mass is 19.1. The smallest absolute Gasteiger partial charge is 0.305 e. The second-order valence-corrected chi connectivity index (χ2v) is 3.80. The summed E-state index contributed by atoms with van der Waals surface area (Å²) in [5, 5.41) is 3.92. The summed E-state index contributed by atoms with van der Waals surface area (Å²) in [6.07, 6.45) is 0. The third kappa shape index (κ3) is 3.05. The van der Waals surface area contributed by atoms with E-state index in [-0.39, 0.29) is 5.69 Å². The van der Waals surface area contributed by atoms with Crippen LogP contribution in [0.3, 0.4) is 0 Å². The Hall–Kier alpha value is -2.57. The standard InChI is InChI=1S/C13H8F4N2O/c14-7-4-5-11(10(17)6-7)18-13(20)19-12-8(15)2-1-3-9(12)16/h1-6H,(H2,18,19,20). The number of anilines is 2. The number of para-hydroxylation sites is 1. The Kier molecular flexibility index (Phi) is 3.88. The van der Waals surface area contributed by atoms with Gasteiger partial charge in [-0.2, -0.15) is 0 Å². The van der Waals surface area contributed by atoms with Crippen molar-refractivity contribution < 1.29 is 22.4 Å². The van der Waals surface area contributed by atoms with E-state index in [0.29, 0.717) is 6.07 Å². The minimum Gasteiger partial charge on any atom is -0.305 e. The van der Waals surface area contributed by atoms with Crippen LogP contribution in [0.2, 0.25) is 0 Å². The molecule has 0 saturated carbocycles. The molecule has 0 aliphatic rings. The van der Waals surface area contributed by atoms with Gasteiger partial charge in [-0.15, -0.1) is 0 Å². The van der Waals surface area contributed by atoms with Crippen LogP contribution in [0.1, 0.15) is 0 Å². The maximum absolute atomic E-state index is 13.3. The molecule has 0 atom stereocenters. The maximum Gasteiger partial charge on any atom is 0.323 e. The molecule has 20 heavy (non-hydrogen) atoms. The van der Waals surface area contributed by atoms with E-state index in [0.717, 1.165) is 30.3 Å². The summed E-state index contributed by atoms with van der Waals surface area (Å²) in [5.74, 6) is -3.76. The number of urea groups is 1. The first-order valence-electron chi connectivity index (χ1n) is 5.44. The zero-order valence-corrected chi connectivity index (χ0v) is 9.88. The van der Waals surface area contributed by atoms with Crippen molar-refractivity contribution in [1.29, 1.82) is 0 Å². The van der Waals surface area contributed by atoms with Crippen LogP contribution in [0.15, 0.2) is 36.4 Å². The number of rotatable bonds is 2. The largest absolute Gasteiger partial charge is 0.323 e. The van der Waals surface area contributed by atoms with Crippen LogP contribution in [0.25, 0.3) is 0 Å². The minimum atomic E-state index is -1.06. The molecule has 0 saturated heterocycles. The minimum absolute atomic E-state index is 0.319. The van der Waals surface area contributed by atoms with Crippen LogP contribution in [-0.2, 0) is 0 Å². The zero-order valence-electron chi connectivity index (χ0n) is 9.88. The average Bonchev–Trinajstić information content (AvgIpc) is 2.37. The van der Waals surface area contributed by atoms with Gasteiger partial charge in [0.2, 0.25) is 0 Å². The van der Waals surface area contributed by atoms with Gasteiger partial charge in [0.25, 0.3) is 0 Å². The zero-order chi connectivity index (χ0) is 14.7. The van der Waals surface area contributed by atoms with E-state index in [4.69, 9.17) is 0 Å². The molecule has 2 amide bonds. The molecule has 0 aromatic heterocycles. The number of carbonyl (C=O) groups excluding carboxylic acids is 1. The number of carbonyl (C=O) groups is 1. The first kappa shape index (κ1) is 13.9. The molecule has 3 nitrogen and oxygen atoms in total. The lowest BCUT2D eigenvalue weighted by Crippen LogP contribution is -2.21. The van der Waals surface area contributed by atoms with Gasteiger partial charge >= 0.3 is 6.03 Å². The fourth-order valence-corrected chi connectivity index (χ4v) is 1.48. The van der Waals surface area contributed by atoms with Gasteiger partial charge in [0.1, 0.15) is 29.0 Å². The summed E-state index contributed by atoms with van der Waals surface area (Å²) in [5.41, 5.74) is -0.979. The molecule has 0 fully saturated rings. The number of halogens is 4. The predicted octanol–water partition coefficient (Wildman–Crippen LogP) is 3.89. The van der Waals surface area contributed by atoms with Crippen LogP contribution < -0.4 is 10.6 Å². The molecule has 0 aliphatic heterocycles. The fraction of sp³-hybridized carbons (Fsp3) is 0. The van der Waals surface area contributed by atoms with Gasteiger partial charge in [0, 0.05) is 6.07 Å². The predicted molar refractivity (Wildman–Crippen MR) is 65.4 cm³/mol. The molecule has 2 N–H and O–H groups in total. The fourth-order valence-electron chi connectivity index (χ4n) is 1.48. The van der Waals surface area contributed by atoms with Crippen molar-refractivity contribution in [2.24, 2.45) is 0 Å². The maximum atomic E-state index is 13.3. The normalized spacial score (nSPS) is 10.2. The molecular formula is C13H8F4N2O. The molecule has 7 heteroatoms. The van der Waals surface area contributed by atoms with Crippen LogP contribution in [0.5, 0.6) is 0 Å². The molecule has 2 aromatic carbocycles. The van der Waals surface area contributed by atoms with Crippen LogP contribution >= 0.6 is 0 Å². The highest BCUT2D eigenvalue weighted by Gasteiger charge is 2.13. The van der Waals surface area contributed by atoms with E-state index in [2.05, 4.69) is 0 Å². The van der Waals surface area contributed by atoms with Gasteiger partial charge in [-0.25, -0.2) is 22.4 Å². The first-order chi connectivity index (χ1) is 9.47. The molecule has 0 aliphatic carbocycles. The Bertz CT molecular complexity index is 641. The highest BCUT2D eigenvalue weighted by Crippen LogP contribution is 2.19. The van der Waals surface area contributed by atoms with Crippen molar-refractivity contribution in [2.45, 2.75) is 0 Å². The van der Waals surface area contributed by atoms with Crippen LogP contribution in [0, 0.1) is 23.3 Å². The number of hydrogen-bond acceptors (Lipinski definition) is 1. The summed E-state index contributed by atoms with van der Waals surface area (Å²) in [4.78, 5) is 11.5.